The molecule has 1 fully saturated rings. The summed E-state index contributed by atoms with van der Waals surface area (Å²) in [6.45, 7) is 0.893. The molecule has 1 aromatic carbocycles. The molecule has 0 bridgehead atoms. The average Bonchev–Trinajstić information content (AvgIpc) is 2.80. The SMILES string of the molecule is CN(CC1CCCC1)c1c(Cl)cc(N)cc1C(N)=O. The maximum absolute atomic E-state index is 11.5. The Hall–Kier alpha value is -1.42. The third kappa shape index (κ3) is 3.13. The van der Waals surface area contributed by atoms with Crippen LogP contribution in [0.15, 0.2) is 12.1 Å². The number of nitrogens with two attached hydrogens (primary N) is 2. The highest BCUT2D eigenvalue weighted by Gasteiger charge is 2.21. The minimum absolute atomic E-state index is 0.394. The first-order valence-electron chi connectivity index (χ1n) is 6.59. The van der Waals surface area contributed by atoms with Gasteiger partial charge in [-0.25, -0.2) is 0 Å². The Balaban J connectivity index is 2.28. The Bertz CT molecular complexity index is 484. The molecule has 0 unspecified atom stereocenters. The van der Waals surface area contributed by atoms with Crippen LogP contribution >= 0.6 is 11.6 Å². The summed E-state index contributed by atoms with van der Waals surface area (Å²) >= 11 is 6.23. The molecule has 5 heteroatoms. The lowest BCUT2D eigenvalue weighted by atomic mass is 10.1. The summed E-state index contributed by atoms with van der Waals surface area (Å²) in [4.78, 5) is 13.6. The van der Waals surface area contributed by atoms with Gasteiger partial charge in [-0.3, -0.25) is 4.79 Å². The first kappa shape index (κ1) is 14.0. The molecule has 2 rings (SSSR count). The predicted molar refractivity (Wildman–Crippen MR) is 79.6 cm³/mol. The summed E-state index contributed by atoms with van der Waals surface area (Å²) in [5.74, 6) is 0.168. The molecule has 0 atom stereocenters. The van der Waals surface area contributed by atoms with Gasteiger partial charge in [0.05, 0.1) is 16.3 Å². The summed E-state index contributed by atoms with van der Waals surface area (Å²) in [5.41, 5.74) is 12.7. The first-order valence-corrected chi connectivity index (χ1v) is 6.96. The van der Waals surface area contributed by atoms with Gasteiger partial charge >= 0.3 is 0 Å². The van der Waals surface area contributed by atoms with Gasteiger partial charge in [-0.15, -0.1) is 0 Å². The quantitative estimate of drug-likeness (QED) is 0.834. The minimum Gasteiger partial charge on any atom is -0.399 e. The van der Waals surface area contributed by atoms with Gasteiger partial charge in [0, 0.05) is 19.3 Å². The molecule has 1 aromatic rings. The topological polar surface area (TPSA) is 72.3 Å². The molecule has 1 saturated carbocycles. The summed E-state index contributed by atoms with van der Waals surface area (Å²) in [6.07, 6.45) is 5.05. The van der Waals surface area contributed by atoms with Gasteiger partial charge in [-0.05, 0) is 30.9 Å². The number of nitrogens with zero attached hydrogens (tertiary/aromatic N) is 1. The van der Waals surface area contributed by atoms with Crippen molar-refractivity contribution in [2.45, 2.75) is 25.7 Å². The normalized spacial score (nSPS) is 15.7. The molecule has 0 heterocycles. The van der Waals surface area contributed by atoms with Crippen LogP contribution in [0.25, 0.3) is 0 Å². The number of hydrogen-bond acceptors (Lipinski definition) is 3. The zero-order chi connectivity index (χ0) is 14.0. The second-order valence-electron chi connectivity index (χ2n) is 5.29. The molecule has 4 N–H and O–H groups in total. The van der Waals surface area contributed by atoms with Crippen LogP contribution in [0, 0.1) is 5.92 Å². The molecule has 0 spiro atoms. The Labute approximate surface area is 118 Å². The monoisotopic (exact) mass is 281 g/mol. The molecule has 0 saturated heterocycles. The van der Waals surface area contributed by atoms with Gasteiger partial charge in [0.25, 0.3) is 5.91 Å². The van der Waals surface area contributed by atoms with E-state index in [9.17, 15) is 4.79 Å². The number of benzene rings is 1. The summed E-state index contributed by atoms with van der Waals surface area (Å²) in [7, 11) is 1.95. The minimum atomic E-state index is -0.498. The lowest BCUT2D eigenvalue weighted by molar-refractivity contribution is 0.100. The van der Waals surface area contributed by atoms with E-state index in [1.807, 2.05) is 11.9 Å². The number of rotatable bonds is 4. The maximum atomic E-state index is 11.5. The second kappa shape index (κ2) is 5.70. The van der Waals surface area contributed by atoms with Gasteiger partial charge in [0.2, 0.25) is 0 Å². The highest BCUT2D eigenvalue weighted by molar-refractivity contribution is 6.34. The van der Waals surface area contributed by atoms with Crippen molar-refractivity contribution in [3.05, 3.63) is 22.7 Å². The van der Waals surface area contributed by atoms with Crippen LogP contribution in [0.4, 0.5) is 11.4 Å². The number of anilines is 2. The van der Waals surface area contributed by atoms with Crippen LogP contribution in [0.2, 0.25) is 5.02 Å². The highest BCUT2D eigenvalue weighted by Crippen LogP contribution is 2.34. The van der Waals surface area contributed by atoms with E-state index in [2.05, 4.69) is 0 Å². The van der Waals surface area contributed by atoms with Crippen LogP contribution < -0.4 is 16.4 Å². The van der Waals surface area contributed by atoms with E-state index in [1.165, 1.54) is 25.7 Å². The molecule has 104 valence electrons. The van der Waals surface area contributed by atoms with Crippen molar-refractivity contribution in [2.24, 2.45) is 11.7 Å². The number of primary amides is 1. The Morgan fingerprint density at radius 3 is 2.63 bits per heavy atom. The van der Waals surface area contributed by atoms with Crippen molar-refractivity contribution in [2.75, 3.05) is 24.2 Å². The van der Waals surface area contributed by atoms with Crippen molar-refractivity contribution in [3.63, 3.8) is 0 Å². The molecule has 0 aromatic heterocycles. The van der Waals surface area contributed by atoms with Crippen LogP contribution in [0.5, 0.6) is 0 Å². The predicted octanol–water partition coefficient (Wildman–Crippen LogP) is 2.65. The standard InChI is InChI=1S/C14H20ClN3O/c1-18(8-9-4-2-3-5-9)13-11(14(17)19)6-10(16)7-12(13)15/h6-7,9H,2-5,8,16H2,1H3,(H2,17,19). The second-order valence-corrected chi connectivity index (χ2v) is 5.70. The summed E-state index contributed by atoms with van der Waals surface area (Å²) < 4.78 is 0. The van der Waals surface area contributed by atoms with Crippen LogP contribution in [0.3, 0.4) is 0 Å². The van der Waals surface area contributed by atoms with Crippen molar-refractivity contribution in [1.29, 1.82) is 0 Å². The van der Waals surface area contributed by atoms with Crippen molar-refractivity contribution in [3.8, 4) is 0 Å². The molecule has 4 nitrogen and oxygen atoms in total. The van der Waals surface area contributed by atoms with Gasteiger partial charge in [0.1, 0.15) is 0 Å². The van der Waals surface area contributed by atoms with Gasteiger partial charge in [-0.1, -0.05) is 24.4 Å². The van der Waals surface area contributed by atoms with Crippen molar-refractivity contribution in [1.82, 2.24) is 0 Å². The molecule has 1 aliphatic rings. The van der Waals surface area contributed by atoms with E-state index < -0.39 is 5.91 Å². The molecular weight excluding hydrogens is 262 g/mol. The molecule has 1 amide bonds. The number of hydrogen-bond donors (Lipinski definition) is 2. The highest BCUT2D eigenvalue weighted by atomic mass is 35.5. The zero-order valence-corrected chi connectivity index (χ0v) is 11.9. The Morgan fingerprint density at radius 1 is 1.42 bits per heavy atom. The number of amides is 1. The van der Waals surface area contributed by atoms with E-state index in [4.69, 9.17) is 23.1 Å². The lowest BCUT2D eigenvalue weighted by Crippen LogP contribution is -2.27. The number of carbonyl (C=O) groups excluding carboxylic acids is 1. The Kier molecular flexibility index (Phi) is 4.20. The molecule has 19 heavy (non-hydrogen) atoms. The Morgan fingerprint density at radius 2 is 2.05 bits per heavy atom. The maximum Gasteiger partial charge on any atom is 0.250 e. The van der Waals surface area contributed by atoms with Gasteiger partial charge in [-0.2, -0.15) is 0 Å². The fourth-order valence-electron chi connectivity index (χ4n) is 2.87. The third-order valence-corrected chi connectivity index (χ3v) is 4.03. The fraction of sp³-hybridized carbons (Fsp3) is 0.500. The number of carbonyl (C=O) groups is 1. The van der Waals surface area contributed by atoms with Crippen LogP contribution in [-0.2, 0) is 0 Å². The van der Waals surface area contributed by atoms with Crippen molar-refractivity contribution < 1.29 is 4.79 Å². The smallest absolute Gasteiger partial charge is 0.250 e. The largest absolute Gasteiger partial charge is 0.399 e. The van der Waals surface area contributed by atoms with E-state index in [0.717, 1.165) is 6.54 Å². The third-order valence-electron chi connectivity index (χ3n) is 3.74. The van der Waals surface area contributed by atoms with E-state index in [-0.39, 0.29) is 0 Å². The van der Waals surface area contributed by atoms with Gasteiger partial charge in [0.15, 0.2) is 0 Å². The number of nitrogen functional groups attached to an aromatic ring is 1. The average molecular weight is 282 g/mol. The number of halogens is 1. The van der Waals surface area contributed by atoms with E-state index >= 15 is 0 Å². The molecular formula is C14H20ClN3O. The van der Waals surface area contributed by atoms with Gasteiger partial charge < -0.3 is 16.4 Å². The zero-order valence-electron chi connectivity index (χ0n) is 11.2. The molecule has 0 radical (unpaired) electrons. The van der Waals surface area contributed by atoms with Crippen LogP contribution in [-0.4, -0.2) is 19.5 Å². The molecule has 1 aliphatic carbocycles. The fourth-order valence-corrected chi connectivity index (χ4v) is 3.24. The summed E-state index contributed by atoms with van der Waals surface area (Å²) in [5, 5.41) is 0.481. The summed E-state index contributed by atoms with van der Waals surface area (Å²) in [6, 6.07) is 3.25. The lowest BCUT2D eigenvalue weighted by Gasteiger charge is -2.26. The van der Waals surface area contributed by atoms with Crippen LogP contribution in [0.1, 0.15) is 36.0 Å². The first-order chi connectivity index (χ1) is 8.99. The van der Waals surface area contributed by atoms with Crippen molar-refractivity contribution >= 4 is 28.9 Å². The van der Waals surface area contributed by atoms with E-state index in [0.29, 0.717) is 27.9 Å². The molecule has 0 aliphatic heterocycles. The van der Waals surface area contributed by atoms with E-state index in [1.54, 1.807) is 12.1 Å².